The van der Waals surface area contributed by atoms with Crippen molar-refractivity contribution >= 4 is 36.8 Å². The summed E-state index contributed by atoms with van der Waals surface area (Å²) >= 11 is 0. The Bertz CT molecular complexity index is 1460. The quantitative estimate of drug-likeness (QED) is 0.282. The Labute approximate surface area is 272 Å². The number of Topliss-reactive ketones (excluding diaryl/α,β-unsaturated/α-hetero) is 1. The molecule has 1 amide bonds. The van der Waals surface area contributed by atoms with E-state index in [1.165, 1.54) is 17.5 Å². The maximum absolute atomic E-state index is 13.3. The molecule has 0 bridgehead atoms. The van der Waals surface area contributed by atoms with E-state index in [2.05, 4.69) is 27.3 Å². The molecule has 3 aromatic rings. The molecule has 11 nitrogen and oxygen atoms in total. The van der Waals surface area contributed by atoms with Gasteiger partial charge < -0.3 is 29.4 Å². The van der Waals surface area contributed by atoms with Crippen LogP contribution in [0.5, 0.6) is 5.75 Å². The lowest BCUT2D eigenvalue weighted by Gasteiger charge is -2.32. The number of hydrogen-bond acceptors (Lipinski definition) is 10. The van der Waals surface area contributed by atoms with Crippen molar-refractivity contribution in [3.05, 3.63) is 64.9 Å². The third kappa shape index (κ3) is 9.21. The van der Waals surface area contributed by atoms with E-state index in [1.807, 2.05) is 49.0 Å². The summed E-state index contributed by atoms with van der Waals surface area (Å²) in [6.45, 7) is 7.37. The number of benzene rings is 1. The van der Waals surface area contributed by atoms with Crippen LogP contribution in [-0.2, 0) is 24.4 Å². The lowest BCUT2D eigenvalue weighted by molar-refractivity contribution is -0.129. The number of rotatable bonds is 12. The number of β-amino-alcohol motifs (C(OH)–C–C–N with tert-alkyl or cyclic N) is 1. The number of carbonyl (C=O) groups is 2. The molecule has 1 atom stereocenters. The summed E-state index contributed by atoms with van der Waals surface area (Å²) in [7, 11) is 3.80. The van der Waals surface area contributed by atoms with Crippen LogP contribution in [0.2, 0.25) is 0 Å². The minimum absolute atomic E-state index is 0. The number of anilines is 2. The third-order valence-corrected chi connectivity index (χ3v) is 8.54. The van der Waals surface area contributed by atoms with Gasteiger partial charge in [0.1, 0.15) is 24.0 Å². The predicted octanol–water partition coefficient (Wildman–Crippen LogP) is 3.94. The number of hydrogen-bond donors (Lipinski definition) is 2. The first-order chi connectivity index (χ1) is 21.1. The second kappa shape index (κ2) is 15.6. The predicted molar refractivity (Wildman–Crippen MR) is 178 cm³/mol. The van der Waals surface area contributed by atoms with Gasteiger partial charge in [0, 0.05) is 71.8 Å². The number of ether oxygens (including phenoxy) is 1. The molecular formula is C33H46N6O5S. The monoisotopic (exact) mass is 638 g/mol. The molecule has 244 valence electrons. The number of aryl methyl sites for hydroxylation is 1. The van der Waals surface area contributed by atoms with Crippen LogP contribution in [0.3, 0.4) is 0 Å². The zero-order valence-corrected chi connectivity index (χ0v) is 27.7. The third-order valence-electron chi connectivity index (χ3n) is 8.54. The van der Waals surface area contributed by atoms with Gasteiger partial charge in [-0.1, -0.05) is 6.07 Å². The number of nitrogens with zero attached hydrogens (tertiary/aromatic N) is 5. The first-order valence-corrected chi connectivity index (χ1v) is 15.4. The van der Waals surface area contributed by atoms with Gasteiger partial charge in [-0.15, -0.1) is 0 Å². The lowest BCUT2D eigenvalue weighted by Crippen LogP contribution is -2.41. The summed E-state index contributed by atoms with van der Waals surface area (Å²) in [4.78, 5) is 39.7. The fourth-order valence-corrected chi connectivity index (χ4v) is 5.81. The number of fused-ring (bicyclic) bond motifs is 1. The molecule has 2 aliphatic heterocycles. The van der Waals surface area contributed by atoms with Crippen molar-refractivity contribution in [2.24, 2.45) is 0 Å². The number of aliphatic hydroxyl groups excluding tert-OH is 1. The molecule has 2 N–H and O–H groups in total. The summed E-state index contributed by atoms with van der Waals surface area (Å²) in [5, 5.41) is 14.3. The maximum atomic E-state index is 13.3. The number of carbonyl (C=O) groups excluding carboxylic acids is 2. The minimum atomic E-state index is -0.604. The van der Waals surface area contributed by atoms with Gasteiger partial charge in [0.05, 0.1) is 11.8 Å². The largest absolute Gasteiger partial charge is 0.486 e. The molecule has 0 saturated carbocycles. The standard InChI is InChI=1S/C33H44N6O5.H2S/c1-22-31(44-21-34-22)20-43-29-7-5-25-18-38(12-9-24(25)15-29)19-28(41)6-8-30(42)26-16-32(36-33(17-26)37(3)4)35-27-10-13-39(14-11-27)23(2)40;/h5,7,15-17,21,27-28,41H,6,8-14,18-20H2,1-4H3,(H,35,36);1H2/t28-;/m0./s1. The molecule has 2 aliphatic rings. The van der Waals surface area contributed by atoms with Crippen molar-refractivity contribution in [2.75, 3.05) is 50.5 Å². The van der Waals surface area contributed by atoms with Crippen LogP contribution in [0.15, 0.2) is 41.1 Å². The van der Waals surface area contributed by atoms with E-state index in [-0.39, 0.29) is 37.6 Å². The molecule has 0 aliphatic carbocycles. The number of aromatic nitrogens is 2. The summed E-state index contributed by atoms with van der Waals surface area (Å²) in [6, 6.07) is 9.96. The van der Waals surface area contributed by atoms with E-state index in [0.717, 1.165) is 49.6 Å². The van der Waals surface area contributed by atoms with E-state index in [4.69, 9.17) is 14.1 Å². The molecule has 12 heteroatoms. The normalized spacial score (nSPS) is 16.0. The molecule has 2 aromatic heterocycles. The number of aliphatic hydroxyl groups is 1. The van der Waals surface area contributed by atoms with Gasteiger partial charge >= 0.3 is 0 Å². The summed E-state index contributed by atoms with van der Waals surface area (Å²) in [6.07, 6.45) is 4.01. The van der Waals surface area contributed by atoms with E-state index in [1.54, 1.807) is 6.92 Å². The Balaban J connectivity index is 0.00000461. The van der Waals surface area contributed by atoms with Crippen LogP contribution in [0.4, 0.5) is 11.6 Å². The van der Waals surface area contributed by atoms with E-state index >= 15 is 0 Å². The van der Waals surface area contributed by atoms with Crippen LogP contribution < -0.4 is 15.0 Å². The van der Waals surface area contributed by atoms with E-state index < -0.39 is 6.10 Å². The zero-order chi connectivity index (χ0) is 31.2. The summed E-state index contributed by atoms with van der Waals surface area (Å²) < 4.78 is 11.3. The number of amides is 1. The molecule has 0 unspecified atom stereocenters. The molecule has 1 aromatic carbocycles. The van der Waals surface area contributed by atoms with Gasteiger partial charge in [0.2, 0.25) is 5.91 Å². The topological polar surface area (TPSA) is 124 Å². The lowest BCUT2D eigenvalue weighted by atomic mass is 9.98. The first-order valence-electron chi connectivity index (χ1n) is 15.4. The smallest absolute Gasteiger partial charge is 0.219 e. The summed E-state index contributed by atoms with van der Waals surface area (Å²) in [5.74, 6) is 2.98. The Morgan fingerprint density at radius 1 is 1.16 bits per heavy atom. The second-order valence-electron chi connectivity index (χ2n) is 12.1. The van der Waals surface area contributed by atoms with Crippen molar-refractivity contribution in [1.82, 2.24) is 19.8 Å². The molecule has 1 saturated heterocycles. The number of ketones is 1. The van der Waals surface area contributed by atoms with Crippen LogP contribution >= 0.6 is 13.5 Å². The van der Waals surface area contributed by atoms with Crippen molar-refractivity contribution in [1.29, 1.82) is 0 Å². The molecule has 4 heterocycles. The van der Waals surface area contributed by atoms with Gasteiger partial charge in [-0.3, -0.25) is 14.5 Å². The van der Waals surface area contributed by atoms with Gasteiger partial charge in [-0.2, -0.15) is 13.5 Å². The molecule has 0 spiro atoms. The Hall–Kier alpha value is -3.61. The number of nitrogens with one attached hydrogen (secondary N) is 1. The molecule has 45 heavy (non-hydrogen) atoms. The maximum Gasteiger partial charge on any atom is 0.219 e. The van der Waals surface area contributed by atoms with Crippen molar-refractivity contribution in [3.8, 4) is 5.75 Å². The highest BCUT2D eigenvalue weighted by Crippen LogP contribution is 2.26. The molecule has 5 rings (SSSR count). The highest BCUT2D eigenvalue weighted by atomic mass is 32.1. The molecular weight excluding hydrogens is 592 g/mol. The summed E-state index contributed by atoms with van der Waals surface area (Å²) in [5.41, 5.74) is 3.89. The van der Waals surface area contributed by atoms with Crippen LogP contribution in [0.1, 0.15) is 65.5 Å². The van der Waals surface area contributed by atoms with Gasteiger partial charge in [-0.05, 0) is 68.0 Å². The fourth-order valence-electron chi connectivity index (χ4n) is 5.81. The SMILES string of the molecule is CC(=O)N1CCC(Nc2cc(C(=O)CC[C@H](O)CN3CCc4cc(OCc5ocnc5C)ccc4C3)cc(N(C)C)n2)CC1.S. The van der Waals surface area contributed by atoms with Crippen molar-refractivity contribution in [2.45, 2.75) is 71.2 Å². The Kier molecular flexibility index (Phi) is 11.9. The number of oxazole rings is 1. The van der Waals surface area contributed by atoms with E-state index in [9.17, 15) is 14.7 Å². The van der Waals surface area contributed by atoms with Gasteiger partial charge in [0.15, 0.2) is 17.9 Å². The van der Waals surface area contributed by atoms with Crippen molar-refractivity contribution in [3.63, 3.8) is 0 Å². The molecule has 1 fully saturated rings. The zero-order valence-electron chi connectivity index (χ0n) is 26.7. The average Bonchev–Trinajstić information content (AvgIpc) is 3.43. The average molecular weight is 639 g/mol. The second-order valence-corrected chi connectivity index (χ2v) is 12.1. The van der Waals surface area contributed by atoms with Crippen molar-refractivity contribution < 1.29 is 23.8 Å². The minimum Gasteiger partial charge on any atom is -0.486 e. The van der Waals surface area contributed by atoms with Crippen LogP contribution in [-0.4, -0.2) is 89.0 Å². The van der Waals surface area contributed by atoms with Gasteiger partial charge in [0.25, 0.3) is 0 Å². The Morgan fingerprint density at radius 2 is 1.93 bits per heavy atom. The van der Waals surface area contributed by atoms with Crippen LogP contribution in [0, 0.1) is 6.92 Å². The van der Waals surface area contributed by atoms with Crippen LogP contribution in [0.25, 0.3) is 0 Å². The number of pyridine rings is 1. The van der Waals surface area contributed by atoms with Gasteiger partial charge in [-0.25, -0.2) is 9.97 Å². The molecule has 0 radical (unpaired) electrons. The number of likely N-dealkylation sites (tertiary alicyclic amines) is 1. The Morgan fingerprint density at radius 3 is 2.62 bits per heavy atom. The highest BCUT2D eigenvalue weighted by molar-refractivity contribution is 7.59. The fraction of sp³-hybridized carbons (Fsp3) is 0.515. The first kappa shape index (κ1) is 34.3. The van der Waals surface area contributed by atoms with E-state index in [0.29, 0.717) is 49.9 Å². The number of piperidine rings is 1. The highest BCUT2D eigenvalue weighted by Gasteiger charge is 2.23.